The summed E-state index contributed by atoms with van der Waals surface area (Å²) in [5.74, 6) is -0.523. The first-order valence-corrected chi connectivity index (χ1v) is 5.54. The molecule has 0 aromatic carbocycles. The second-order valence-corrected chi connectivity index (χ2v) is 4.07. The van der Waals surface area contributed by atoms with Crippen LogP contribution < -0.4 is 10.6 Å². The molecule has 6 heteroatoms. The summed E-state index contributed by atoms with van der Waals surface area (Å²) in [7, 11) is 0. The van der Waals surface area contributed by atoms with Crippen molar-refractivity contribution < 1.29 is 18.0 Å². The van der Waals surface area contributed by atoms with Gasteiger partial charge in [0, 0.05) is 19.0 Å². The van der Waals surface area contributed by atoms with Crippen molar-refractivity contribution >= 4 is 5.91 Å². The van der Waals surface area contributed by atoms with Crippen LogP contribution in [0.5, 0.6) is 0 Å². The molecular formula is C10H17F3N2O. The van der Waals surface area contributed by atoms with Crippen LogP contribution in [0, 0.1) is 0 Å². The molecule has 0 aromatic heterocycles. The van der Waals surface area contributed by atoms with Crippen LogP contribution in [0.4, 0.5) is 13.2 Å². The third-order valence-corrected chi connectivity index (χ3v) is 2.59. The van der Waals surface area contributed by atoms with E-state index in [1.807, 2.05) is 0 Å². The van der Waals surface area contributed by atoms with Crippen LogP contribution in [0.2, 0.25) is 0 Å². The van der Waals surface area contributed by atoms with E-state index in [-0.39, 0.29) is 6.04 Å². The van der Waals surface area contributed by atoms with Gasteiger partial charge in [-0.15, -0.1) is 0 Å². The van der Waals surface area contributed by atoms with Gasteiger partial charge in [-0.05, 0) is 19.4 Å². The Hall–Kier alpha value is -0.780. The largest absolute Gasteiger partial charge is 0.389 e. The van der Waals surface area contributed by atoms with Gasteiger partial charge in [-0.25, -0.2) is 0 Å². The van der Waals surface area contributed by atoms with Crippen LogP contribution in [-0.2, 0) is 4.79 Å². The van der Waals surface area contributed by atoms with Gasteiger partial charge in [0.25, 0.3) is 0 Å². The lowest BCUT2D eigenvalue weighted by molar-refractivity contribution is -0.144. The Morgan fingerprint density at radius 3 is 2.69 bits per heavy atom. The van der Waals surface area contributed by atoms with Crippen LogP contribution >= 0.6 is 0 Å². The van der Waals surface area contributed by atoms with E-state index < -0.39 is 24.9 Å². The minimum Gasteiger partial charge on any atom is -0.355 e. The average molecular weight is 238 g/mol. The zero-order valence-corrected chi connectivity index (χ0v) is 9.07. The minimum atomic E-state index is -4.25. The summed E-state index contributed by atoms with van der Waals surface area (Å²) in [6.45, 7) is 1.35. The molecule has 0 aliphatic carbocycles. The van der Waals surface area contributed by atoms with Crippen LogP contribution in [0.3, 0.4) is 0 Å². The molecule has 0 radical (unpaired) electrons. The molecule has 16 heavy (non-hydrogen) atoms. The number of carbonyl (C=O) groups excluding carboxylic acids is 1. The molecule has 0 saturated carbocycles. The second-order valence-electron chi connectivity index (χ2n) is 4.07. The average Bonchev–Trinajstić information content (AvgIpc) is 2.24. The highest BCUT2D eigenvalue weighted by molar-refractivity contribution is 5.75. The fourth-order valence-corrected chi connectivity index (χ4v) is 1.68. The van der Waals surface area contributed by atoms with Gasteiger partial charge >= 0.3 is 6.18 Å². The van der Waals surface area contributed by atoms with Crippen LogP contribution in [0.15, 0.2) is 0 Å². The number of amides is 1. The van der Waals surface area contributed by atoms with Gasteiger partial charge in [0.2, 0.25) is 5.91 Å². The zero-order chi connectivity index (χ0) is 12.0. The van der Waals surface area contributed by atoms with E-state index in [0.29, 0.717) is 6.54 Å². The normalized spacial score (nSPS) is 21.8. The van der Waals surface area contributed by atoms with Crippen molar-refractivity contribution in [1.82, 2.24) is 10.6 Å². The molecule has 1 heterocycles. The predicted octanol–water partition coefficient (Wildman–Crippen LogP) is 1.59. The zero-order valence-electron chi connectivity index (χ0n) is 9.07. The summed E-state index contributed by atoms with van der Waals surface area (Å²) in [4.78, 5) is 11.1. The molecule has 1 amide bonds. The fourth-order valence-electron chi connectivity index (χ4n) is 1.68. The summed E-state index contributed by atoms with van der Waals surface area (Å²) in [6, 6.07) is 0.212. The van der Waals surface area contributed by atoms with E-state index in [1.54, 1.807) is 0 Å². The summed E-state index contributed by atoms with van der Waals surface area (Å²) in [5.41, 5.74) is 0. The van der Waals surface area contributed by atoms with Gasteiger partial charge in [0.05, 0.1) is 6.42 Å². The maximum atomic E-state index is 11.8. The quantitative estimate of drug-likeness (QED) is 0.781. The maximum Gasteiger partial charge on any atom is 0.389 e. The molecule has 1 aliphatic heterocycles. The van der Waals surface area contributed by atoms with Crippen molar-refractivity contribution in [3.8, 4) is 0 Å². The van der Waals surface area contributed by atoms with Gasteiger partial charge in [0.1, 0.15) is 0 Å². The van der Waals surface area contributed by atoms with E-state index in [1.165, 1.54) is 0 Å². The highest BCUT2D eigenvalue weighted by atomic mass is 19.4. The SMILES string of the molecule is O=C(CCC(F)(F)F)NCC1CCCCN1. The standard InChI is InChI=1S/C10H17F3N2O/c11-10(12,13)5-4-9(16)15-7-8-3-1-2-6-14-8/h8,14H,1-7H2,(H,15,16). The molecule has 1 saturated heterocycles. The maximum absolute atomic E-state index is 11.8. The molecule has 1 aliphatic rings. The summed E-state index contributed by atoms with van der Waals surface area (Å²) in [5, 5.41) is 5.73. The Labute approximate surface area is 92.8 Å². The Kier molecular flexibility index (Phi) is 5.05. The number of alkyl halides is 3. The number of rotatable bonds is 4. The summed E-state index contributed by atoms with van der Waals surface area (Å²) >= 11 is 0. The molecule has 94 valence electrons. The van der Waals surface area contributed by atoms with E-state index in [0.717, 1.165) is 25.8 Å². The number of hydrogen-bond acceptors (Lipinski definition) is 2. The number of nitrogens with one attached hydrogen (secondary N) is 2. The predicted molar refractivity (Wildman–Crippen MR) is 53.9 cm³/mol. The smallest absolute Gasteiger partial charge is 0.355 e. The van der Waals surface area contributed by atoms with Crippen LogP contribution in [-0.4, -0.2) is 31.2 Å². The molecule has 0 aromatic rings. The van der Waals surface area contributed by atoms with Gasteiger partial charge in [-0.1, -0.05) is 6.42 Å². The molecule has 2 N–H and O–H groups in total. The van der Waals surface area contributed by atoms with E-state index in [4.69, 9.17) is 0 Å². The molecular weight excluding hydrogens is 221 g/mol. The topological polar surface area (TPSA) is 41.1 Å². The first kappa shape index (κ1) is 13.3. The van der Waals surface area contributed by atoms with Gasteiger partial charge in [-0.2, -0.15) is 13.2 Å². The van der Waals surface area contributed by atoms with Crippen molar-refractivity contribution in [2.75, 3.05) is 13.1 Å². The van der Waals surface area contributed by atoms with Crippen molar-refractivity contribution in [3.63, 3.8) is 0 Å². The van der Waals surface area contributed by atoms with Gasteiger partial charge in [-0.3, -0.25) is 4.79 Å². The summed E-state index contributed by atoms with van der Waals surface area (Å²) in [6.07, 6.45) is -2.57. The molecule has 3 nitrogen and oxygen atoms in total. The second kappa shape index (κ2) is 6.08. The van der Waals surface area contributed by atoms with Crippen molar-refractivity contribution in [2.24, 2.45) is 0 Å². The van der Waals surface area contributed by atoms with Crippen molar-refractivity contribution in [2.45, 2.75) is 44.3 Å². The highest BCUT2D eigenvalue weighted by Gasteiger charge is 2.27. The number of hydrogen-bond donors (Lipinski definition) is 2. The first-order chi connectivity index (χ1) is 7.47. The van der Waals surface area contributed by atoms with Gasteiger partial charge in [0.15, 0.2) is 0 Å². The van der Waals surface area contributed by atoms with Gasteiger partial charge < -0.3 is 10.6 Å². The number of halogens is 3. The monoisotopic (exact) mass is 238 g/mol. The molecule has 1 rings (SSSR count). The van der Waals surface area contributed by atoms with E-state index in [2.05, 4.69) is 10.6 Å². The Morgan fingerprint density at radius 2 is 2.12 bits per heavy atom. The Balaban J connectivity index is 2.09. The van der Waals surface area contributed by atoms with E-state index in [9.17, 15) is 18.0 Å². The molecule has 1 fully saturated rings. The molecule has 0 spiro atoms. The summed E-state index contributed by atoms with van der Waals surface area (Å²) < 4.78 is 35.5. The lowest BCUT2D eigenvalue weighted by atomic mass is 10.1. The third kappa shape index (κ3) is 5.95. The van der Waals surface area contributed by atoms with Crippen molar-refractivity contribution in [1.29, 1.82) is 0 Å². The first-order valence-electron chi connectivity index (χ1n) is 5.54. The molecule has 1 atom stereocenters. The van der Waals surface area contributed by atoms with E-state index >= 15 is 0 Å². The van der Waals surface area contributed by atoms with Crippen molar-refractivity contribution in [3.05, 3.63) is 0 Å². The fraction of sp³-hybridized carbons (Fsp3) is 0.900. The lowest BCUT2D eigenvalue weighted by Gasteiger charge is -2.23. The number of carbonyl (C=O) groups is 1. The Morgan fingerprint density at radius 1 is 1.38 bits per heavy atom. The number of piperidine rings is 1. The Bertz CT molecular complexity index is 225. The molecule has 0 bridgehead atoms. The lowest BCUT2D eigenvalue weighted by Crippen LogP contribution is -2.43. The molecule has 1 unspecified atom stereocenters. The highest BCUT2D eigenvalue weighted by Crippen LogP contribution is 2.20. The van der Waals surface area contributed by atoms with Crippen LogP contribution in [0.25, 0.3) is 0 Å². The third-order valence-electron chi connectivity index (χ3n) is 2.59. The van der Waals surface area contributed by atoms with Crippen LogP contribution in [0.1, 0.15) is 32.1 Å². The minimum absolute atomic E-state index is 0.212.